The van der Waals surface area contributed by atoms with E-state index in [0.29, 0.717) is 29.6 Å². The summed E-state index contributed by atoms with van der Waals surface area (Å²) in [6.45, 7) is 6.23. The lowest BCUT2D eigenvalue weighted by molar-refractivity contribution is -0.112. The van der Waals surface area contributed by atoms with Gasteiger partial charge in [0.25, 0.3) is 5.91 Å². The van der Waals surface area contributed by atoms with E-state index in [1.165, 1.54) is 11.8 Å². The quantitative estimate of drug-likeness (QED) is 0.355. The Morgan fingerprint density at radius 2 is 1.97 bits per heavy atom. The van der Waals surface area contributed by atoms with Crippen LogP contribution in [0.25, 0.3) is 11.6 Å². The van der Waals surface area contributed by atoms with Crippen molar-refractivity contribution in [1.82, 2.24) is 15.2 Å². The highest BCUT2D eigenvalue weighted by Crippen LogP contribution is 2.38. The van der Waals surface area contributed by atoms with E-state index in [1.54, 1.807) is 37.7 Å². The molecule has 3 N–H and O–H groups in total. The average molecular weight is 478 g/mol. The number of benzene rings is 1. The molecule has 0 spiro atoms. The van der Waals surface area contributed by atoms with Gasteiger partial charge in [0, 0.05) is 73.4 Å². The number of carbonyl (C=O) groups excluding carboxylic acids is 1. The van der Waals surface area contributed by atoms with Crippen LogP contribution in [-0.2, 0) is 16.1 Å². The number of halogens is 1. The van der Waals surface area contributed by atoms with E-state index in [1.807, 2.05) is 24.3 Å². The lowest BCUT2D eigenvalue weighted by Gasteiger charge is -2.26. The molecule has 2 aromatic rings. The van der Waals surface area contributed by atoms with Gasteiger partial charge < -0.3 is 20.8 Å². The maximum atomic E-state index is 13.9. The molecular formula is C27H32FN5O2. The van der Waals surface area contributed by atoms with Crippen LogP contribution in [-0.4, -0.2) is 60.5 Å². The van der Waals surface area contributed by atoms with Crippen molar-refractivity contribution in [3.63, 3.8) is 0 Å². The van der Waals surface area contributed by atoms with Gasteiger partial charge in [0.15, 0.2) is 0 Å². The molecule has 7 nitrogen and oxygen atoms in total. The van der Waals surface area contributed by atoms with E-state index in [0.717, 1.165) is 44.1 Å². The molecule has 2 heterocycles. The van der Waals surface area contributed by atoms with Gasteiger partial charge in [-0.25, -0.2) is 4.39 Å². The lowest BCUT2D eigenvalue weighted by Crippen LogP contribution is -2.35. The number of amides is 1. The molecule has 0 unspecified atom stereocenters. The molecule has 1 saturated heterocycles. The second kappa shape index (κ2) is 11.4. The van der Waals surface area contributed by atoms with Gasteiger partial charge in [-0.1, -0.05) is 12.1 Å². The van der Waals surface area contributed by atoms with Gasteiger partial charge in [-0.05, 0) is 55.2 Å². The van der Waals surface area contributed by atoms with Gasteiger partial charge in [0.1, 0.15) is 5.67 Å². The molecule has 1 aliphatic carbocycles. The summed E-state index contributed by atoms with van der Waals surface area (Å²) >= 11 is 0. The topological polar surface area (TPSA) is 90.3 Å². The van der Waals surface area contributed by atoms with E-state index in [4.69, 9.17) is 10.1 Å². The van der Waals surface area contributed by atoms with Crippen LogP contribution in [0.15, 0.2) is 54.5 Å². The Hall–Kier alpha value is -3.36. The molecule has 4 rings (SSSR count). The molecule has 35 heavy (non-hydrogen) atoms. The highest BCUT2D eigenvalue weighted by atomic mass is 19.1. The zero-order valence-electron chi connectivity index (χ0n) is 20.0. The standard InChI is InChI=1S/C27H32FN5O2/c1-20(26(34)32-24-4-2-21(3-5-24)18-33-10-12-35-13-11-33)14-22-16-30-9-6-25(22)23(15-29)17-31-19-27(28)7-8-27/h2-6,9,14-17,29,31H,7-8,10-13,18-19H2,1H3,(H,32,34)/b20-14-,23-17+,29-15?. The van der Waals surface area contributed by atoms with E-state index in [-0.39, 0.29) is 12.5 Å². The predicted molar refractivity (Wildman–Crippen MR) is 137 cm³/mol. The molecule has 0 bridgehead atoms. The summed E-state index contributed by atoms with van der Waals surface area (Å²) < 4.78 is 19.3. The zero-order chi connectivity index (χ0) is 24.7. The fourth-order valence-corrected chi connectivity index (χ4v) is 3.88. The Morgan fingerprint density at radius 1 is 1.23 bits per heavy atom. The molecule has 1 aliphatic heterocycles. The summed E-state index contributed by atoms with van der Waals surface area (Å²) in [7, 11) is 0. The van der Waals surface area contributed by atoms with Crippen molar-refractivity contribution in [2.75, 3.05) is 38.2 Å². The van der Waals surface area contributed by atoms with Crippen molar-refractivity contribution >= 4 is 29.5 Å². The van der Waals surface area contributed by atoms with Gasteiger partial charge in [0.2, 0.25) is 0 Å². The molecule has 1 aromatic heterocycles. The normalized spacial score (nSPS) is 18.1. The predicted octanol–water partition coefficient (Wildman–Crippen LogP) is 4.04. The van der Waals surface area contributed by atoms with Gasteiger partial charge in [-0.3, -0.25) is 14.7 Å². The maximum absolute atomic E-state index is 13.9. The van der Waals surface area contributed by atoms with E-state index < -0.39 is 5.67 Å². The van der Waals surface area contributed by atoms with E-state index in [9.17, 15) is 9.18 Å². The first-order valence-corrected chi connectivity index (χ1v) is 11.9. The molecule has 184 valence electrons. The second-order valence-corrected chi connectivity index (χ2v) is 9.11. The monoisotopic (exact) mass is 477 g/mol. The van der Waals surface area contributed by atoms with Crippen molar-refractivity contribution in [2.45, 2.75) is 32.0 Å². The molecule has 0 atom stereocenters. The fourth-order valence-electron chi connectivity index (χ4n) is 3.88. The van der Waals surface area contributed by atoms with Crippen molar-refractivity contribution < 1.29 is 13.9 Å². The Morgan fingerprint density at radius 3 is 2.66 bits per heavy atom. The number of morpholine rings is 1. The first-order valence-electron chi connectivity index (χ1n) is 11.9. The van der Waals surface area contributed by atoms with E-state index >= 15 is 0 Å². The summed E-state index contributed by atoms with van der Waals surface area (Å²) in [5.41, 5.74) is 3.34. The molecule has 1 amide bonds. The Bertz CT molecular complexity index is 1100. The first-order chi connectivity index (χ1) is 17.0. The number of hydrogen-bond acceptors (Lipinski definition) is 6. The summed E-state index contributed by atoms with van der Waals surface area (Å²) in [4.78, 5) is 19.3. The molecular weight excluding hydrogens is 445 g/mol. The van der Waals surface area contributed by atoms with Crippen LogP contribution >= 0.6 is 0 Å². The minimum Gasteiger partial charge on any atom is -0.387 e. The molecule has 2 fully saturated rings. The van der Waals surface area contributed by atoms with Crippen molar-refractivity contribution in [1.29, 1.82) is 5.41 Å². The maximum Gasteiger partial charge on any atom is 0.251 e. The Labute approximate surface area is 205 Å². The molecule has 1 aromatic carbocycles. The third-order valence-corrected chi connectivity index (χ3v) is 6.24. The first kappa shape index (κ1) is 24.8. The summed E-state index contributed by atoms with van der Waals surface area (Å²) in [6.07, 6.45) is 9.04. The zero-order valence-corrected chi connectivity index (χ0v) is 20.0. The second-order valence-electron chi connectivity index (χ2n) is 9.11. The van der Waals surface area contributed by atoms with Crippen LogP contribution in [0.2, 0.25) is 0 Å². The number of anilines is 1. The number of nitrogens with one attached hydrogen (secondary N) is 3. The summed E-state index contributed by atoms with van der Waals surface area (Å²) in [6, 6.07) is 9.66. The van der Waals surface area contributed by atoms with Crippen molar-refractivity contribution in [3.8, 4) is 0 Å². The number of rotatable bonds is 10. The number of hydrogen-bond donors (Lipinski definition) is 3. The number of carbonyl (C=O) groups is 1. The SMILES string of the molecule is C/C(=C/c1cnccc1/C(C=N)=C/NCC1(F)CC1)C(=O)Nc1ccc(CN2CCOCC2)cc1. The minimum absolute atomic E-state index is 0.215. The summed E-state index contributed by atoms with van der Waals surface area (Å²) in [5.74, 6) is -0.215. The highest BCUT2D eigenvalue weighted by Gasteiger charge is 2.42. The highest BCUT2D eigenvalue weighted by molar-refractivity contribution is 6.11. The number of alkyl halides is 1. The fraction of sp³-hybridized carbons (Fsp3) is 0.370. The van der Waals surface area contributed by atoms with Crippen LogP contribution in [0.4, 0.5) is 10.1 Å². The van der Waals surface area contributed by atoms with E-state index in [2.05, 4.69) is 20.5 Å². The van der Waals surface area contributed by atoms with Crippen LogP contribution in [0.3, 0.4) is 0 Å². The Kier molecular flexibility index (Phi) is 8.05. The smallest absolute Gasteiger partial charge is 0.251 e. The summed E-state index contributed by atoms with van der Waals surface area (Å²) in [5, 5.41) is 13.7. The number of pyridine rings is 1. The van der Waals surface area contributed by atoms with Crippen LogP contribution in [0, 0.1) is 5.41 Å². The minimum atomic E-state index is -1.13. The largest absolute Gasteiger partial charge is 0.387 e. The number of nitrogens with zero attached hydrogens (tertiary/aromatic N) is 2. The average Bonchev–Trinajstić information content (AvgIpc) is 3.61. The van der Waals surface area contributed by atoms with Gasteiger partial charge in [0.05, 0.1) is 13.2 Å². The Balaban J connectivity index is 1.40. The number of aromatic nitrogens is 1. The van der Waals surface area contributed by atoms with Crippen molar-refractivity contribution in [2.24, 2.45) is 0 Å². The van der Waals surface area contributed by atoms with Crippen LogP contribution < -0.4 is 10.6 Å². The van der Waals surface area contributed by atoms with Crippen LogP contribution in [0.5, 0.6) is 0 Å². The van der Waals surface area contributed by atoms with Gasteiger partial charge >= 0.3 is 0 Å². The molecule has 2 aliphatic rings. The molecule has 1 saturated carbocycles. The lowest BCUT2D eigenvalue weighted by atomic mass is 10.0. The third kappa shape index (κ3) is 7.07. The molecule has 0 radical (unpaired) electrons. The number of ether oxygens (including phenoxy) is 1. The number of allylic oxidation sites excluding steroid dienone is 1. The van der Waals surface area contributed by atoms with Gasteiger partial charge in [-0.15, -0.1) is 0 Å². The van der Waals surface area contributed by atoms with Crippen LogP contribution in [0.1, 0.15) is 36.5 Å². The van der Waals surface area contributed by atoms with Crippen molar-refractivity contribution in [3.05, 3.63) is 71.2 Å². The van der Waals surface area contributed by atoms with Gasteiger partial charge in [-0.2, -0.15) is 0 Å². The molecule has 8 heteroatoms. The third-order valence-electron chi connectivity index (χ3n) is 6.24.